The Morgan fingerprint density at radius 3 is 2.06 bits per heavy atom. The average molecular weight is 230 g/mol. The normalized spacial score (nSPS) is 13.9. The molecule has 1 atom stereocenters. The van der Waals surface area contributed by atoms with Crippen LogP contribution in [0.4, 0.5) is 0 Å². The predicted molar refractivity (Wildman–Crippen MR) is 70.0 cm³/mol. The number of nitrogens with two attached hydrogens (primary N) is 1. The summed E-state index contributed by atoms with van der Waals surface area (Å²) in [6.45, 7) is 5.91. The minimum atomic E-state index is -0.496. The number of hydrogen-bond donors (Lipinski definition) is 1. The summed E-state index contributed by atoms with van der Waals surface area (Å²) in [6, 6.07) is 7.40. The zero-order valence-electron chi connectivity index (χ0n) is 10.5. The van der Waals surface area contributed by atoms with Gasteiger partial charge in [0.1, 0.15) is 0 Å². The van der Waals surface area contributed by atoms with E-state index in [-0.39, 0.29) is 11.3 Å². The first kappa shape index (κ1) is 11.9. The van der Waals surface area contributed by atoms with E-state index in [4.69, 9.17) is 5.73 Å². The van der Waals surface area contributed by atoms with Crippen molar-refractivity contribution in [3.05, 3.63) is 36.7 Å². The maximum Gasteiger partial charge on any atom is 0.248 e. The van der Waals surface area contributed by atoms with Crippen molar-refractivity contribution in [1.29, 1.82) is 0 Å². The number of fused-ring (bicyclic) bond motifs is 1. The minimum Gasteiger partial charge on any atom is -0.319 e. The first-order chi connectivity index (χ1) is 7.89. The van der Waals surface area contributed by atoms with Crippen LogP contribution in [0.2, 0.25) is 0 Å². The van der Waals surface area contributed by atoms with Crippen LogP contribution < -0.4 is 5.73 Å². The van der Waals surface area contributed by atoms with Crippen LogP contribution in [0, 0.1) is 5.41 Å². The summed E-state index contributed by atoms with van der Waals surface area (Å²) < 4.78 is 1.60. The number of carbonyl (C=O) groups is 1. The van der Waals surface area contributed by atoms with Gasteiger partial charge in [0, 0.05) is 12.4 Å². The van der Waals surface area contributed by atoms with Gasteiger partial charge in [0.25, 0.3) is 0 Å². The maximum absolute atomic E-state index is 12.2. The Hall–Kier alpha value is -1.61. The molecule has 2 rings (SSSR count). The number of benzene rings is 1. The number of aromatic nitrogens is 1. The molecule has 0 fully saturated rings. The molecule has 3 heteroatoms. The molecule has 2 N–H and O–H groups in total. The summed E-state index contributed by atoms with van der Waals surface area (Å²) in [5, 5.41) is 2.11. The zero-order valence-corrected chi connectivity index (χ0v) is 10.5. The van der Waals surface area contributed by atoms with Crippen molar-refractivity contribution in [2.75, 3.05) is 0 Å². The lowest BCUT2D eigenvalue weighted by atomic mass is 9.87. The van der Waals surface area contributed by atoms with Crippen molar-refractivity contribution >= 4 is 16.7 Å². The predicted octanol–water partition coefficient (Wildman–Crippen LogP) is 2.65. The van der Waals surface area contributed by atoms with Crippen molar-refractivity contribution < 1.29 is 4.79 Å². The van der Waals surface area contributed by atoms with Crippen LogP contribution in [0.15, 0.2) is 36.7 Å². The molecule has 1 aromatic carbocycles. The molecule has 0 bridgehead atoms. The smallest absolute Gasteiger partial charge is 0.248 e. The highest BCUT2D eigenvalue weighted by Crippen LogP contribution is 2.21. The van der Waals surface area contributed by atoms with Gasteiger partial charge in [0.15, 0.2) is 0 Å². The Morgan fingerprint density at radius 2 is 1.65 bits per heavy atom. The Balaban J connectivity index is 2.37. The second kappa shape index (κ2) is 4.00. The standard InChI is InChI=1S/C14H18N2O/c1-14(2,3)12(15)13(17)16-8-10-6-4-5-7-11(10)9-16/h4-9,12H,15H2,1-3H3. The van der Waals surface area contributed by atoms with Crippen LogP contribution in [0.25, 0.3) is 10.8 Å². The van der Waals surface area contributed by atoms with E-state index in [9.17, 15) is 4.79 Å². The molecule has 17 heavy (non-hydrogen) atoms. The van der Waals surface area contributed by atoms with E-state index in [1.807, 2.05) is 57.4 Å². The van der Waals surface area contributed by atoms with E-state index < -0.39 is 6.04 Å². The molecule has 1 heterocycles. The average Bonchev–Trinajstić information content (AvgIpc) is 2.69. The van der Waals surface area contributed by atoms with Gasteiger partial charge in [-0.25, -0.2) is 0 Å². The van der Waals surface area contributed by atoms with Crippen molar-refractivity contribution in [3.8, 4) is 0 Å². The highest BCUT2D eigenvalue weighted by molar-refractivity contribution is 5.91. The molecular formula is C14H18N2O. The fraction of sp³-hybridized carbons (Fsp3) is 0.357. The zero-order chi connectivity index (χ0) is 12.6. The third-order valence-electron chi connectivity index (χ3n) is 3.01. The quantitative estimate of drug-likeness (QED) is 0.818. The molecule has 2 aromatic rings. The second-order valence-electron chi connectivity index (χ2n) is 5.48. The van der Waals surface area contributed by atoms with E-state index in [2.05, 4.69) is 0 Å². The highest BCUT2D eigenvalue weighted by atomic mass is 16.2. The second-order valence-corrected chi connectivity index (χ2v) is 5.48. The van der Waals surface area contributed by atoms with E-state index >= 15 is 0 Å². The van der Waals surface area contributed by atoms with Crippen molar-refractivity contribution in [1.82, 2.24) is 4.57 Å². The number of rotatable bonds is 1. The minimum absolute atomic E-state index is 0.0614. The van der Waals surface area contributed by atoms with Gasteiger partial charge in [-0.1, -0.05) is 45.0 Å². The molecule has 0 amide bonds. The Labute approximate surface area is 101 Å². The van der Waals surface area contributed by atoms with Gasteiger partial charge in [-0.3, -0.25) is 9.36 Å². The van der Waals surface area contributed by atoms with Crippen LogP contribution in [0.1, 0.15) is 25.6 Å². The van der Waals surface area contributed by atoms with Gasteiger partial charge >= 0.3 is 0 Å². The molecule has 1 aromatic heterocycles. The molecule has 0 spiro atoms. The molecule has 3 nitrogen and oxygen atoms in total. The van der Waals surface area contributed by atoms with E-state index in [0.717, 1.165) is 10.8 Å². The van der Waals surface area contributed by atoms with Crippen LogP contribution in [0.5, 0.6) is 0 Å². The SMILES string of the molecule is CC(C)(C)C(N)C(=O)n1cc2ccccc2c1. The van der Waals surface area contributed by atoms with Crippen molar-refractivity contribution in [2.45, 2.75) is 26.8 Å². The molecule has 0 saturated heterocycles. The van der Waals surface area contributed by atoms with Crippen molar-refractivity contribution in [3.63, 3.8) is 0 Å². The summed E-state index contributed by atoms with van der Waals surface area (Å²) in [6.07, 6.45) is 3.67. The van der Waals surface area contributed by atoms with Gasteiger partial charge in [0.05, 0.1) is 6.04 Å². The Morgan fingerprint density at radius 1 is 1.18 bits per heavy atom. The molecule has 0 aliphatic heterocycles. The lowest BCUT2D eigenvalue weighted by Gasteiger charge is -2.25. The monoisotopic (exact) mass is 230 g/mol. The van der Waals surface area contributed by atoms with Crippen LogP contribution in [-0.4, -0.2) is 16.5 Å². The van der Waals surface area contributed by atoms with Gasteiger partial charge in [-0.05, 0) is 16.2 Å². The number of carbonyl (C=O) groups excluding carboxylic acids is 1. The molecule has 1 unspecified atom stereocenters. The first-order valence-corrected chi connectivity index (χ1v) is 5.76. The molecule has 0 radical (unpaired) electrons. The number of nitrogens with zero attached hydrogens (tertiary/aromatic N) is 1. The third-order valence-corrected chi connectivity index (χ3v) is 3.01. The highest BCUT2D eigenvalue weighted by Gasteiger charge is 2.28. The van der Waals surface area contributed by atoms with Crippen LogP contribution in [-0.2, 0) is 0 Å². The number of hydrogen-bond acceptors (Lipinski definition) is 2. The lowest BCUT2D eigenvalue weighted by molar-refractivity contribution is 0.0816. The van der Waals surface area contributed by atoms with E-state index in [1.54, 1.807) is 4.57 Å². The van der Waals surface area contributed by atoms with E-state index in [1.165, 1.54) is 0 Å². The summed E-state index contributed by atoms with van der Waals surface area (Å²) in [7, 11) is 0. The Kier molecular flexibility index (Phi) is 2.79. The fourth-order valence-electron chi connectivity index (χ4n) is 1.74. The van der Waals surface area contributed by atoms with Crippen LogP contribution >= 0.6 is 0 Å². The maximum atomic E-state index is 12.2. The van der Waals surface area contributed by atoms with E-state index in [0.29, 0.717) is 0 Å². The van der Waals surface area contributed by atoms with Crippen LogP contribution in [0.3, 0.4) is 0 Å². The summed E-state index contributed by atoms with van der Waals surface area (Å²) in [4.78, 5) is 12.2. The van der Waals surface area contributed by atoms with Gasteiger partial charge in [0.2, 0.25) is 5.91 Å². The molecular weight excluding hydrogens is 212 g/mol. The van der Waals surface area contributed by atoms with Gasteiger partial charge < -0.3 is 5.73 Å². The fourth-order valence-corrected chi connectivity index (χ4v) is 1.74. The molecule has 90 valence electrons. The summed E-state index contributed by atoms with van der Waals surface area (Å²) in [5.74, 6) is -0.0614. The summed E-state index contributed by atoms with van der Waals surface area (Å²) >= 11 is 0. The Bertz CT molecular complexity index is 516. The third kappa shape index (κ3) is 2.24. The summed E-state index contributed by atoms with van der Waals surface area (Å²) in [5.41, 5.74) is 5.75. The first-order valence-electron chi connectivity index (χ1n) is 5.76. The van der Waals surface area contributed by atoms with Gasteiger partial charge in [-0.15, -0.1) is 0 Å². The van der Waals surface area contributed by atoms with Gasteiger partial charge in [-0.2, -0.15) is 0 Å². The molecule has 0 aliphatic carbocycles. The lowest BCUT2D eigenvalue weighted by Crippen LogP contribution is -2.44. The van der Waals surface area contributed by atoms with Crippen molar-refractivity contribution in [2.24, 2.45) is 11.1 Å². The molecule has 0 saturated carbocycles. The molecule has 0 aliphatic rings. The largest absolute Gasteiger partial charge is 0.319 e. The topological polar surface area (TPSA) is 48.0 Å².